The van der Waals surface area contributed by atoms with E-state index in [1.165, 1.54) is 19.3 Å². The first kappa shape index (κ1) is 9.24. The maximum Gasteiger partial charge on any atom is 0.169 e. The third-order valence-corrected chi connectivity index (χ3v) is 2.63. The average molecular weight is 192 g/mol. The monoisotopic (exact) mass is 192 g/mol. The summed E-state index contributed by atoms with van der Waals surface area (Å²) >= 11 is 0. The maximum atomic E-state index is 5.68. The van der Waals surface area contributed by atoms with Gasteiger partial charge in [0.25, 0.3) is 0 Å². The normalized spacial score (nSPS) is 24.6. The van der Waals surface area contributed by atoms with Gasteiger partial charge in [0, 0.05) is 18.4 Å². The quantitative estimate of drug-likeness (QED) is 0.761. The molecule has 0 radical (unpaired) electrons. The van der Waals surface area contributed by atoms with E-state index in [-0.39, 0.29) is 0 Å². The van der Waals surface area contributed by atoms with E-state index in [4.69, 9.17) is 5.73 Å². The number of aromatic nitrogens is 2. The molecular formula is C10H16N4. The Labute approximate surface area is 83.9 Å². The summed E-state index contributed by atoms with van der Waals surface area (Å²) in [5.74, 6) is 2.03. The van der Waals surface area contributed by atoms with Crippen LogP contribution in [0.25, 0.3) is 0 Å². The van der Waals surface area contributed by atoms with Crippen LogP contribution in [0, 0.1) is 5.92 Å². The fraction of sp³-hybridized carbons (Fsp3) is 0.600. The maximum absolute atomic E-state index is 5.68. The number of nitrogen functional groups attached to an aromatic ring is 1. The highest BCUT2D eigenvalue weighted by Crippen LogP contribution is 2.37. The van der Waals surface area contributed by atoms with Crippen LogP contribution in [0.4, 0.5) is 11.6 Å². The molecule has 0 amide bonds. The highest BCUT2D eigenvalue weighted by atomic mass is 15.1. The number of rotatable bonds is 4. The van der Waals surface area contributed by atoms with Crippen molar-refractivity contribution in [3.8, 4) is 0 Å². The lowest BCUT2D eigenvalue weighted by Crippen LogP contribution is -2.09. The summed E-state index contributed by atoms with van der Waals surface area (Å²) in [6, 6.07) is 0.564. The van der Waals surface area contributed by atoms with E-state index in [0.29, 0.717) is 11.9 Å². The van der Waals surface area contributed by atoms with Crippen LogP contribution in [0.5, 0.6) is 0 Å². The molecule has 1 heterocycles. The van der Waals surface area contributed by atoms with Gasteiger partial charge in [-0.1, -0.05) is 13.3 Å². The summed E-state index contributed by atoms with van der Waals surface area (Å²) in [7, 11) is 0. The summed E-state index contributed by atoms with van der Waals surface area (Å²) in [6.45, 7) is 2.21. The molecule has 1 aromatic rings. The molecule has 1 aliphatic carbocycles. The zero-order valence-electron chi connectivity index (χ0n) is 8.40. The van der Waals surface area contributed by atoms with E-state index in [2.05, 4.69) is 22.2 Å². The molecule has 1 aliphatic rings. The van der Waals surface area contributed by atoms with E-state index in [1.54, 1.807) is 12.4 Å². The molecule has 4 nitrogen and oxygen atoms in total. The van der Waals surface area contributed by atoms with E-state index in [9.17, 15) is 0 Å². The first-order valence-corrected chi connectivity index (χ1v) is 5.14. The Morgan fingerprint density at radius 3 is 3.00 bits per heavy atom. The smallest absolute Gasteiger partial charge is 0.169 e. The molecule has 0 spiro atoms. The second-order valence-corrected chi connectivity index (χ2v) is 3.83. The Morgan fingerprint density at radius 2 is 2.29 bits per heavy atom. The van der Waals surface area contributed by atoms with Gasteiger partial charge in [0.05, 0.1) is 0 Å². The zero-order chi connectivity index (χ0) is 9.97. The molecule has 2 unspecified atom stereocenters. The Morgan fingerprint density at radius 1 is 1.50 bits per heavy atom. The number of nitrogens with zero attached hydrogens (tertiary/aromatic N) is 2. The standard InChI is InChI=1S/C10H16N4/c1-2-3-7-6-8(7)14-10-9(11)12-4-5-13-10/h4-5,7-8H,2-3,6H2,1H3,(H2,11,12)(H,13,14). The topological polar surface area (TPSA) is 63.8 Å². The van der Waals surface area contributed by atoms with Gasteiger partial charge in [-0.15, -0.1) is 0 Å². The molecule has 1 fully saturated rings. The van der Waals surface area contributed by atoms with Crippen molar-refractivity contribution in [2.75, 3.05) is 11.1 Å². The minimum absolute atomic E-state index is 0.495. The van der Waals surface area contributed by atoms with Gasteiger partial charge in [-0.25, -0.2) is 9.97 Å². The predicted octanol–water partition coefficient (Wildman–Crippen LogP) is 1.66. The SMILES string of the molecule is CCCC1CC1Nc1nccnc1N. The number of hydrogen-bond acceptors (Lipinski definition) is 4. The Balaban J connectivity index is 1.90. The lowest BCUT2D eigenvalue weighted by atomic mass is 10.2. The summed E-state index contributed by atoms with van der Waals surface area (Å²) in [4.78, 5) is 8.14. The molecule has 0 bridgehead atoms. The van der Waals surface area contributed by atoms with Crippen LogP contribution in [-0.2, 0) is 0 Å². The Bertz CT molecular complexity index is 313. The molecule has 2 rings (SSSR count). The van der Waals surface area contributed by atoms with Gasteiger partial charge in [0.15, 0.2) is 11.6 Å². The van der Waals surface area contributed by atoms with Gasteiger partial charge in [-0.3, -0.25) is 0 Å². The van der Waals surface area contributed by atoms with E-state index in [1.807, 2.05) is 0 Å². The van der Waals surface area contributed by atoms with Crippen LogP contribution < -0.4 is 11.1 Å². The van der Waals surface area contributed by atoms with E-state index in [0.717, 1.165) is 11.7 Å². The van der Waals surface area contributed by atoms with Crippen LogP contribution in [0.1, 0.15) is 26.2 Å². The predicted molar refractivity (Wildman–Crippen MR) is 56.9 cm³/mol. The summed E-state index contributed by atoms with van der Waals surface area (Å²) in [5.41, 5.74) is 5.68. The van der Waals surface area contributed by atoms with Gasteiger partial charge >= 0.3 is 0 Å². The minimum Gasteiger partial charge on any atom is -0.381 e. The zero-order valence-corrected chi connectivity index (χ0v) is 8.40. The van der Waals surface area contributed by atoms with Crippen molar-refractivity contribution >= 4 is 11.6 Å². The van der Waals surface area contributed by atoms with Gasteiger partial charge in [-0.05, 0) is 18.8 Å². The lowest BCUT2D eigenvalue weighted by Gasteiger charge is -2.05. The van der Waals surface area contributed by atoms with Crippen molar-refractivity contribution in [3.05, 3.63) is 12.4 Å². The molecule has 0 saturated heterocycles. The fourth-order valence-electron chi connectivity index (χ4n) is 1.75. The molecule has 1 aromatic heterocycles. The Kier molecular flexibility index (Phi) is 2.52. The van der Waals surface area contributed by atoms with Crippen LogP contribution in [0.3, 0.4) is 0 Å². The summed E-state index contributed by atoms with van der Waals surface area (Å²) in [6.07, 6.45) is 7.05. The largest absolute Gasteiger partial charge is 0.381 e. The number of anilines is 2. The first-order valence-electron chi connectivity index (χ1n) is 5.14. The van der Waals surface area contributed by atoms with Gasteiger partial charge in [0.2, 0.25) is 0 Å². The molecule has 3 N–H and O–H groups in total. The highest BCUT2D eigenvalue weighted by Gasteiger charge is 2.36. The van der Waals surface area contributed by atoms with Gasteiger partial charge in [-0.2, -0.15) is 0 Å². The number of nitrogens with two attached hydrogens (primary N) is 1. The molecule has 0 aromatic carbocycles. The van der Waals surface area contributed by atoms with Crippen molar-refractivity contribution in [1.29, 1.82) is 0 Å². The van der Waals surface area contributed by atoms with E-state index < -0.39 is 0 Å². The first-order chi connectivity index (χ1) is 6.81. The molecule has 14 heavy (non-hydrogen) atoms. The van der Waals surface area contributed by atoms with E-state index >= 15 is 0 Å². The van der Waals surface area contributed by atoms with Crippen LogP contribution in [-0.4, -0.2) is 16.0 Å². The molecule has 76 valence electrons. The fourth-order valence-corrected chi connectivity index (χ4v) is 1.75. The second kappa shape index (κ2) is 3.82. The van der Waals surface area contributed by atoms with Crippen LogP contribution in [0.15, 0.2) is 12.4 Å². The van der Waals surface area contributed by atoms with Crippen molar-refractivity contribution in [2.45, 2.75) is 32.2 Å². The van der Waals surface area contributed by atoms with Crippen molar-refractivity contribution in [3.63, 3.8) is 0 Å². The summed E-state index contributed by atoms with van der Waals surface area (Å²) < 4.78 is 0. The number of hydrogen-bond donors (Lipinski definition) is 2. The van der Waals surface area contributed by atoms with Crippen molar-refractivity contribution in [2.24, 2.45) is 5.92 Å². The number of nitrogens with one attached hydrogen (secondary N) is 1. The molecule has 4 heteroatoms. The summed E-state index contributed by atoms with van der Waals surface area (Å²) in [5, 5.41) is 3.32. The molecule has 0 aliphatic heterocycles. The Hall–Kier alpha value is -1.32. The third kappa shape index (κ3) is 1.95. The van der Waals surface area contributed by atoms with Crippen molar-refractivity contribution < 1.29 is 0 Å². The third-order valence-electron chi connectivity index (χ3n) is 2.63. The highest BCUT2D eigenvalue weighted by molar-refractivity contribution is 5.56. The molecule has 1 saturated carbocycles. The average Bonchev–Trinajstić information content (AvgIpc) is 2.89. The van der Waals surface area contributed by atoms with Crippen LogP contribution >= 0.6 is 0 Å². The van der Waals surface area contributed by atoms with Gasteiger partial charge < -0.3 is 11.1 Å². The minimum atomic E-state index is 0.495. The van der Waals surface area contributed by atoms with Crippen molar-refractivity contribution in [1.82, 2.24) is 9.97 Å². The molecular weight excluding hydrogens is 176 g/mol. The van der Waals surface area contributed by atoms with Crippen LogP contribution in [0.2, 0.25) is 0 Å². The van der Waals surface area contributed by atoms with Gasteiger partial charge in [0.1, 0.15) is 0 Å². The second-order valence-electron chi connectivity index (χ2n) is 3.83. The lowest BCUT2D eigenvalue weighted by molar-refractivity contribution is 0.692. The molecule has 2 atom stereocenters.